The summed E-state index contributed by atoms with van der Waals surface area (Å²) in [7, 11) is -3.76. The van der Waals surface area contributed by atoms with E-state index in [0.29, 0.717) is 45.3 Å². The highest BCUT2D eigenvalue weighted by Gasteiger charge is 2.39. The number of fused-ring (bicyclic) bond motifs is 1. The lowest BCUT2D eigenvalue weighted by Crippen LogP contribution is -2.49. The van der Waals surface area contributed by atoms with Crippen LogP contribution in [-0.2, 0) is 32.5 Å². The molecule has 148 valence electrons. The van der Waals surface area contributed by atoms with Crippen molar-refractivity contribution < 1.29 is 23.1 Å². The van der Waals surface area contributed by atoms with Gasteiger partial charge in [-0.3, -0.25) is 9.59 Å². The molecule has 8 heteroatoms. The lowest BCUT2D eigenvalue weighted by molar-refractivity contribution is -0.144. The minimum atomic E-state index is -3.76. The number of carbonyl (C=O) groups is 2. The molecule has 0 unspecified atom stereocenters. The number of piperidine rings is 1. The molecule has 2 atom stereocenters. The van der Waals surface area contributed by atoms with Crippen LogP contribution in [0.15, 0.2) is 23.1 Å². The van der Waals surface area contributed by atoms with E-state index < -0.39 is 28.0 Å². The van der Waals surface area contributed by atoms with Crippen molar-refractivity contribution in [3.05, 3.63) is 29.3 Å². The third-order valence-electron chi connectivity index (χ3n) is 5.78. The van der Waals surface area contributed by atoms with Gasteiger partial charge in [0.05, 0.1) is 10.8 Å². The molecule has 1 N–H and O–H groups in total. The Morgan fingerprint density at radius 2 is 1.78 bits per heavy atom. The first-order valence-corrected chi connectivity index (χ1v) is 10.8. The average molecular weight is 394 g/mol. The minimum absolute atomic E-state index is 0.0255. The summed E-state index contributed by atoms with van der Waals surface area (Å²) in [4.78, 5) is 25.0. The number of hydrogen-bond donors (Lipinski definition) is 1. The van der Waals surface area contributed by atoms with Gasteiger partial charge in [0.2, 0.25) is 15.9 Å². The molecule has 1 amide bonds. The van der Waals surface area contributed by atoms with Crippen LogP contribution in [0.5, 0.6) is 0 Å². The predicted octanol–water partition coefficient (Wildman–Crippen LogP) is 1.51. The molecule has 27 heavy (non-hydrogen) atoms. The zero-order valence-corrected chi connectivity index (χ0v) is 16.5. The van der Waals surface area contributed by atoms with Crippen LogP contribution in [0.4, 0.5) is 0 Å². The van der Waals surface area contributed by atoms with Crippen LogP contribution >= 0.6 is 0 Å². The number of benzene rings is 1. The van der Waals surface area contributed by atoms with E-state index in [1.54, 1.807) is 30.9 Å². The molecule has 3 rings (SSSR count). The van der Waals surface area contributed by atoms with Gasteiger partial charge in [0, 0.05) is 32.6 Å². The predicted molar refractivity (Wildman–Crippen MR) is 99.8 cm³/mol. The van der Waals surface area contributed by atoms with E-state index in [0.717, 1.165) is 11.1 Å². The summed E-state index contributed by atoms with van der Waals surface area (Å²) < 4.78 is 27.7. The highest BCUT2D eigenvalue weighted by Crippen LogP contribution is 2.30. The van der Waals surface area contributed by atoms with Gasteiger partial charge in [-0.15, -0.1) is 0 Å². The molecule has 0 radical (unpaired) electrons. The van der Waals surface area contributed by atoms with Crippen molar-refractivity contribution in [1.82, 2.24) is 9.21 Å². The molecule has 1 aromatic carbocycles. The maximum absolute atomic E-state index is 13.2. The Bertz CT molecular complexity index is 852. The molecule has 2 aliphatic heterocycles. The highest BCUT2D eigenvalue weighted by molar-refractivity contribution is 7.89. The van der Waals surface area contributed by atoms with Crippen LogP contribution in [0.1, 0.15) is 37.8 Å². The average Bonchev–Trinajstić information content (AvgIpc) is 2.83. The van der Waals surface area contributed by atoms with Crippen LogP contribution in [0.3, 0.4) is 0 Å². The molecule has 0 bridgehead atoms. The summed E-state index contributed by atoms with van der Waals surface area (Å²) in [6.45, 7) is 4.76. The third kappa shape index (κ3) is 3.87. The molecule has 0 saturated carbocycles. The number of hydrogen-bond acceptors (Lipinski definition) is 4. The van der Waals surface area contributed by atoms with Crippen LogP contribution in [0, 0.1) is 5.92 Å². The standard InChI is InChI=1S/C19H26N2O5S/c1-13-18(19(23)24)4-3-9-21(13)27(25,26)17-6-5-15-7-10-20(14(2)22)11-8-16(15)12-17/h5-6,12-13,18H,3-4,7-11H2,1-2H3,(H,23,24)/t13-,18-/m1/s1. The van der Waals surface area contributed by atoms with Crippen LogP contribution < -0.4 is 0 Å². The molecule has 0 aromatic heterocycles. The van der Waals surface area contributed by atoms with Crippen molar-refractivity contribution in [3.8, 4) is 0 Å². The largest absolute Gasteiger partial charge is 0.481 e. The normalized spacial score (nSPS) is 24.1. The second kappa shape index (κ2) is 7.59. The zero-order valence-electron chi connectivity index (χ0n) is 15.7. The smallest absolute Gasteiger partial charge is 0.308 e. The Balaban J connectivity index is 1.88. The van der Waals surface area contributed by atoms with Crippen molar-refractivity contribution in [3.63, 3.8) is 0 Å². The summed E-state index contributed by atoms with van der Waals surface area (Å²) in [6.07, 6.45) is 2.36. The fraction of sp³-hybridized carbons (Fsp3) is 0.579. The molecule has 7 nitrogen and oxygen atoms in total. The van der Waals surface area contributed by atoms with Gasteiger partial charge in [0.15, 0.2) is 0 Å². The van der Waals surface area contributed by atoms with Gasteiger partial charge in [0.25, 0.3) is 0 Å². The molecule has 2 aliphatic rings. The van der Waals surface area contributed by atoms with Gasteiger partial charge in [-0.2, -0.15) is 4.31 Å². The van der Waals surface area contributed by atoms with Crippen LogP contribution in [0.25, 0.3) is 0 Å². The van der Waals surface area contributed by atoms with Crippen LogP contribution in [0.2, 0.25) is 0 Å². The van der Waals surface area contributed by atoms with Gasteiger partial charge in [0.1, 0.15) is 0 Å². The number of nitrogens with zero attached hydrogens (tertiary/aromatic N) is 2. The number of amides is 1. The Morgan fingerprint density at radius 1 is 1.11 bits per heavy atom. The molecule has 0 aliphatic carbocycles. The van der Waals surface area contributed by atoms with Crippen molar-refractivity contribution in [2.45, 2.75) is 50.5 Å². The molecule has 1 fully saturated rings. The van der Waals surface area contributed by atoms with Crippen LogP contribution in [-0.4, -0.2) is 60.3 Å². The summed E-state index contributed by atoms with van der Waals surface area (Å²) in [5, 5.41) is 9.37. The number of carboxylic acid groups (broad SMARTS) is 1. The summed E-state index contributed by atoms with van der Waals surface area (Å²) in [5.74, 6) is -1.61. The Morgan fingerprint density at radius 3 is 2.41 bits per heavy atom. The Labute approximate surface area is 160 Å². The second-order valence-corrected chi connectivity index (χ2v) is 9.27. The van der Waals surface area contributed by atoms with E-state index in [-0.39, 0.29) is 10.8 Å². The monoisotopic (exact) mass is 394 g/mol. The minimum Gasteiger partial charge on any atom is -0.481 e. The number of aliphatic carboxylic acids is 1. The Hall–Kier alpha value is -1.93. The van der Waals surface area contributed by atoms with Crippen molar-refractivity contribution in [2.24, 2.45) is 5.92 Å². The lowest BCUT2D eigenvalue weighted by atomic mass is 9.92. The van der Waals surface area contributed by atoms with Gasteiger partial charge in [-0.05, 0) is 55.9 Å². The molecule has 0 spiro atoms. The maximum atomic E-state index is 13.2. The van der Waals surface area contributed by atoms with Crippen molar-refractivity contribution in [1.29, 1.82) is 0 Å². The molecule has 1 saturated heterocycles. The SMILES string of the molecule is CC(=O)N1CCc2ccc(S(=O)(=O)N3CCC[C@@H](C(=O)O)[C@H]3C)cc2CC1. The second-order valence-electron chi connectivity index (χ2n) is 7.38. The zero-order chi connectivity index (χ0) is 19.8. The van der Waals surface area contributed by atoms with Gasteiger partial charge in [-0.1, -0.05) is 6.07 Å². The van der Waals surface area contributed by atoms with E-state index in [9.17, 15) is 23.1 Å². The summed E-state index contributed by atoms with van der Waals surface area (Å²) in [6, 6.07) is 4.56. The number of carboxylic acids is 1. The van der Waals surface area contributed by atoms with Gasteiger partial charge < -0.3 is 10.0 Å². The molecule has 2 heterocycles. The van der Waals surface area contributed by atoms with Crippen molar-refractivity contribution in [2.75, 3.05) is 19.6 Å². The topological polar surface area (TPSA) is 95.0 Å². The first-order chi connectivity index (χ1) is 12.7. The quantitative estimate of drug-likeness (QED) is 0.838. The number of sulfonamides is 1. The fourth-order valence-electron chi connectivity index (χ4n) is 4.09. The lowest BCUT2D eigenvalue weighted by Gasteiger charge is -2.36. The highest BCUT2D eigenvalue weighted by atomic mass is 32.2. The molecular weight excluding hydrogens is 368 g/mol. The first-order valence-electron chi connectivity index (χ1n) is 9.34. The number of rotatable bonds is 3. The molecular formula is C19H26N2O5S. The number of carbonyl (C=O) groups excluding carboxylic acids is 1. The van der Waals surface area contributed by atoms with Gasteiger partial charge in [-0.25, -0.2) is 8.42 Å². The van der Waals surface area contributed by atoms with E-state index >= 15 is 0 Å². The maximum Gasteiger partial charge on any atom is 0.308 e. The third-order valence-corrected chi connectivity index (χ3v) is 7.76. The molecule has 1 aromatic rings. The van der Waals surface area contributed by atoms with Gasteiger partial charge >= 0.3 is 5.97 Å². The van der Waals surface area contributed by atoms with E-state index in [4.69, 9.17) is 0 Å². The van der Waals surface area contributed by atoms with Crippen molar-refractivity contribution >= 4 is 21.9 Å². The summed E-state index contributed by atoms with van der Waals surface area (Å²) >= 11 is 0. The van der Waals surface area contributed by atoms with E-state index in [1.165, 1.54) is 4.31 Å². The first kappa shape index (κ1) is 19.8. The Kier molecular flexibility index (Phi) is 5.58. The van der Waals surface area contributed by atoms with E-state index in [2.05, 4.69) is 0 Å². The summed E-state index contributed by atoms with van der Waals surface area (Å²) in [5.41, 5.74) is 2.01. The van der Waals surface area contributed by atoms with E-state index in [1.807, 2.05) is 6.07 Å². The fourth-order valence-corrected chi connectivity index (χ4v) is 5.85.